The summed E-state index contributed by atoms with van der Waals surface area (Å²) in [4.78, 5) is 23.7. The van der Waals surface area contributed by atoms with E-state index in [2.05, 4.69) is 26.5 Å². The molecule has 0 bridgehead atoms. The molecule has 0 radical (unpaired) electrons. The lowest BCUT2D eigenvalue weighted by Gasteiger charge is -2.56. The third kappa shape index (κ3) is 2.61. The Bertz CT molecular complexity index is 675. The average Bonchev–Trinajstić information content (AvgIpc) is 2.89. The molecule has 2 fully saturated rings. The van der Waals surface area contributed by atoms with Gasteiger partial charge in [-0.3, -0.25) is 9.59 Å². The summed E-state index contributed by atoms with van der Waals surface area (Å²) < 4.78 is 5.78. The van der Waals surface area contributed by atoms with Crippen LogP contribution in [0.1, 0.15) is 65.7 Å². The zero-order chi connectivity index (χ0) is 18.6. The Morgan fingerprint density at radius 3 is 2.77 bits per heavy atom. The quantitative estimate of drug-likeness (QED) is 0.524. The summed E-state index contributed by atoms with van der Waals surface area (Å²) in [5.74, 6) is 3.07. The molecule has 0 aromatic rings. The van der Waals surface area contributed by atoms with Crippen LogP contribution in [-0.4, -0.2) is 17.9 Å². The van der Waals surface area contributed by atoms with Crippen molar-refractivity contribution in [3.8, 4) is 0 Å². The molecule has 0 saturated heterocycles. The third-order valence-electron chi connectivity index (χ3n) is 8.12. The summed E-state index contributed by atoms with van der Waals surface area (Å²) in [6, 6.07) is 0. The Kier molecular flexibility index (Phi) is 4.40. The highest BCUT2D eigenvalue weighted by atomic mass is 16.5. The second kappa shape index (κ2) is 6.35. The first kappa shape index (κ1) is 18.0. The van der Waals surface area contributed by atoms with Gasteiger partial charge in [0.05, 0.1) is 0 Å². The third-order valence-corrected chi connectivity index (χ3v) is 8.12. The van der Waals surface area contributed by atoms with Gasteiger partial charge in [0.2, 0.25) is 0 Å². The van der Waals surface area contributed by atoms with Crippen molar-refractivity contribution in [3.63, 3.8) is 0 Å². The number of ketones is 1. The molecule has 26 heavy (non-hydrogen) atoms. The fourth-order valence-corrected chi connectivity index (χ4v) is 7.20. The molecule has 2 saturated carbocycles. The van der Waals surface area contributed by atoms with Crippen LogP contribution in [0, 0.1) is 35.0 Å². The van der Waals surface area contributed by atoms with E-state index in [4.69, 9.17) is 4.74 Å². The Morgan fingerprint density at radius 2 is 2.08 bits per heavy atom. The zero-order valence-corrected chi connectivity index (χ0v) is 16.4. The molecule has 0 heterocycles. The summed E-state index contributed by atoms with van der Waals surface area (Å²) in [5, 5.41) is 0. The predicted octanol–water partition coefficient (Wildman–Crippen LogP) is 4.86. The van der Waals surface area contributed by atoms with Gasteiger partial charge < -0.3 is 4.74 Å². The number of carbonyl (C=O) groups excluding carboxylic acids is 2. The molecule has 0 amide bonds. The number of Topliss-reactive ketones (excluding diaryl/α,β-unsaturated/α-hetero) is 1. The topological polar surface area (TPSA) is 43.4 Å². The van der Waals surface area contributed by atoms with Crippen LogP contribution in [-0.2, 0) is 14.3 Å². The van der Waals surface area contributed by atoms with Gasteiger partial charge in [-0.05, 0) is 61.7 Å². The summed E-state index contributed by atoms with van der Waals surface area (Å²) in [5.41, 5.74) is 3.10. The molecule has 3 nitrogen and oxygen atoms in total. The van der Waals surface area contributed by atoms with E-state index in [-0.39, 0.29) is 17.5 Å². The SMILES string of the molecule is C=C[C@H]1C[C@@]2(C)C(CC[C@@H]2OC(C)=O)C2C1C1=C(CC(=O)CC1)C[C@H]2C. The molecular weight excluding hydrogens is 324 g/mol. The van der Waals surface area contributed by atoms with Gasteiger partial charge in [0.25, 0.3) is 0 Å². The fraction of sp³-hybridized carbons (Fsp3) is 0.739. The molecule has 0 aromatic heterocycles. The second-order valence-corrected chi connectivity index (χ2v) is 9.52. The van der Waals surface area contributed by atoms with E-state index in [1.165, 1.54) is 12.5 Å². The molecular formula is C23H32O3. The lowest BCUT2D eigenvalue weighted by molar-refractivity contribution is -0.157. The normalized spacial score (nSPS) is 44.8. The molecule has 0 spiro atoms. The molecule has 4 aliphatic carbocycles. The Morgan fingerprint density at radius 1 is 1.31 bits per heavy atom. The minimum Gasteiger partial charge on any atom is -0.462 e. The number of esters is 1. The zero-order valence-electron chi connectivity index (χ0n) is 16.4. The van der Waals surface area contributed by atoms with E-state index in [9.17, 15) is 9.59 Å². The van der Waals surface area contributed by atoms with Gasteiger partial charge in [0.15, 0.2) is 0 Å². The Labute approximate surface area is 157 Å². The van der Waals surface area contributed by atoms with Crippen LogP contribution in [0.4, 0.5) is 0 Å². The van der Waals surface area contributed by atoms with Crippen molar-refractivity contribution >= 4 is 11.8 Å². The predicted molar refractivity (Wildman–Crippen MR) is 101 cm³/mol. The molecule has 0 aliphatic heterocycles. The van der Waals surface area contributed by atoms with Crippen LogP contribution in [0.15, 0.2) is 23.8 Å². The van der Waals surface area contributed by atoms with Crippen molar-refractivity contribution in [1.29, 1.82) is 0 Å². The molecule has 7 atom stereocenters. The van der Waals surface area contributed by atoms with Crippen molar-refractivity contribution < 1.29 is 14.3 Å². The van der Waals surface area contributed by atoms with E-state index in [0.717, 1.165) is 38.5 Å². The maximum Gasteiger partial charge on any atom is 0.302 e. The highest BCUT2D eigenvalue weighted by molar-refractivity contribution is 5.82. The van der Waals surface area contributed by atoms with Crippen LogP contribution in [0.2, 0.25) is 0 Å². The highest BCUT2D eigenvalue weighted by Gasteiger charge is 2.60. The van der Waals surface area contributed by atoms with Crippen molar-refractivity contribution in [2.75, 3.05) is 0 Å². The smallest absolute Gasteiger partial charge is 0.302 e. The Hall–Kier alpha value is -1.38. The van der Waals surface area contributed by atoms with Crippen LogP contribution >= 0.6 is 0 Å². The number of hydrogen-bond donors (Lipinski definition) is 0. The fourth-order valence-electron chi connectivity index (χ4n) is 7.20. The maximum atomic E-state index is 12.0. The van der Waals surface area contributed by atoms with Crippen LogP contribution in [0.25, 0.3) is 0 Å². The number of carbonyl (C=O) groups is 2. The van der Waals surface area contributed by atoms with E-state index < -0.39 is 0 Å². The first-order valence-electron chi connectivity index (χ1n) is 10.4. The van der Waals surface area contributed by atoms with E-state index >= 15 is 0 Å². The van der Waals surface area contributed by atoms with E-state index in [0.29, 0.717) is 41.8 Å². The average molecular weight is 357 g/mol. The first-order chi connectivity index (χ1) is 12.3. The van der Waals surface area contributed by atoms with E-state index in [1.807, 2.05) is 0 Å². The lowest BCUT2D eigenvalue weighted by Crippen LogP contribution is -2.52. The molecule has 3 heteroatoms. The summed E-state index contributed by atoms with van der Waals surface area (Å²) >= 11 is 0. The maximum absolute atomic E-state index is 12.0. The van der Waals surface area contributed by atoms with Crippen LogP contribution in [0.3, 0.4) is 0 Å². The number of ether oxygens (including phenoxy) is 1. The van der Waals surface area contributed by atoms with Gasteiger partial charge >= 0.3 is 5.97 Å². The van der Waals surface area contributed by atoms with E-state index in [1.54, 1.807) is 5.57 Å². The summed E-state index contributed by atoms with van der Waals surface area (Å²) in [6.07, 6.45) is 8.85. The number of fused-ring (bicyclic) bond motifs is 4. The van der Waals surface area contributed by atoms with Gasteiger partial charge in [0.1, 0.15) is 11.9 Å². The largest absolute Gasteiger partial charge is 0.462 e. The van der Waals surface area contributed by atoms with Gasteiger partial charge in [-0.2, -0.15) is 0 Å². The monoisotopic (exact) mass is 356 g/mol. The van der Waals surface area contributed by atoms with Crippen LogP contribution < -0.4 is 0 Å². The lowest BCUT2D eigenvalue weighted by atomic mass is 9.48. The molecule has 3 unspecified atom stereocenters. The number of hydrogen-bond acceptors (Lipinski definition) is 3. The minimum absolute atomic E-state index is 0.0453. The molecule has 0 N–H and O–H groups in total. The summed E-state index contributed by atoms with van der Waals surface area (Å²) in [7, 11) is 0. The van der Waals surface area contributed by atoms with Crippen molar-refractivity contribution in [1.82, 2.24) is 0 Å². The van der Waals surface area contributed by atoms with Gasteiger partial charge in [0, 0.05) is 25.2 Å². The number of allylic oxidation sites excluding steroid dienone is 3. The van der Waals surface area contributed by atoms with Crippen molar-refractivity contribution in [2.45, 2.75) is 71.8 Å². The molecule has 0 aromatic carbocycles. The standard InChI is InChI=1S/C23H32O3/c1-5-15-12-23(4)19(8-9-20(23)26-14(3)24)21-13(2)10-16-11-17(25)6-7-18(16)22(15)21/h5,13,15,19-22H,1,6-12H2,2-4H3/t13-,15+,19?,20+,21?,22?,23+/m1/s1. The van der Waals surface area contributed by atoms with Crippen LogP contribution in [0.5, 0.6) is 0 Å². The van der Waals surface area contributed by atoms with Crippen molar-refractivity contribution in [3.05, 3.63) is 23.8 Å². The van der Waals surface area contributed by atoms with Crippen molar-refractivity contribution in [2.24, 2.45) is 35.0 Å². The minimum atomic E-state index is -0.151. The molecule has 4 rings (SSSR count). The highest BCUT2D eigenvalue weighted by Crippen LogP contribution is 2.64. The second-order valence-electron chi connectivity index (χ2n) is 9.52. The Balaban J connectivity index is 1.73. The van der Waals surface area contributed by atoms with Gasteiger partial charge in [-0.1, -0.05) is 31.1 Å². The number of rotatable bonds is 2. The molecule has 4 aliphatic rings. The first-order valence-corrected chi connectivity index (χ1v) is 10.4. The van der Waals surface area contributed by atoms with Gasteiger partial charge in [-0.25, -0.2) is 0 Å². The molecule has 142 valence electrons. The van der Waals surface area contributed by atoms with Gasteiger partial charge in [-0.15, -0.1) is 6.58 Å². The summed E-state index contributed by atoms with van der Waals surface area (Å²) in [6.45, 7) is 10.5.